The topological polar surface area (TPSA) is 92.5 Å². The molecule has 0 unspecified atom stereocenters. The van der Waals surface area contributed by atoms with E-state index in [4.69, 9.17) is 9.15 Å². The van der Waals surface area contributed by atoms with Crippen LogP contribution in [0.5, 0.6) is 5.75 Å². The number of aromatic nitrogens is 2. The Morgan fingerprint density at radius 3 is 3.04 bits per heavy atom. The van der Waals surface area contributed by atoms with E-state index >= 15 is 0 Å². The number of nitrogens with zero attached hydrogens (tertiary/aromatic N) is 2. The van der Waals surface area contributed by atoms with Gasteiger partial charge < -0.3 is 9.15 Å². The summed E-state index contributed by atoms with van der Waals surface area (Å²) in [5.41, 5.74) is 4.18. The lowest BCUT2D eigenvalue weighted by Crippen LogP contribution is -2.17. The van der Waals surface area contributed by atoms with Crippen LogP contribution in [0.2, 0.25) is 0 Å². The van der Waals surface area contributed by atoms with Crippen molar-refractivity contribution in [1.82, 2.24) is 15.6 Å². The Morgan fingerprint density at radius 2 is 2.24 bits per heavy atom. The van der Waals surface area contributed by atoms with Crippen LogP contribution >= 0.6 is 0 Å². The molecule has 3 aromatic rings. The fourth-order valence-corrected chi connectivity index (χ4v) is 2.17. The van der Waals surface area contributed by atoms with Gasteiger partial charge in [0.25, 0.3) is 5.91 Å². The predicted octanol–water partition coefficient (Wildman–Crippen LogP) is 3.22. The van der Waals surface area contributed by atoms with E-state index in [1.54, 1.807) is 18.2 Å². The van der Waals surface area contributed by atoms with Crippen LogP contribution in [0.25, 0.3) is 11.3 Å². The number of hydrogen-bond donors (Lipinski definition) is 2. The van der Waals surface area contributed by atoms with Gasteiger partial charge in [-0.1, -0.05) is 19.1 Å². The molecule has 2 N–H and O–H groups in total. The average molecular weight is 338 g/mol. The molecule has 0 atom stereocenters. The summed E-state index contributed by atoms with van der Waals surface area (Å²) in [6.45, 7) is 2.67. The van der Waals surface area contributed by atoms with Crippen molar-refractivity contribution in [2.45, 2.75) is 13.3 Å². The summed E-state index contributed by atoms with van der Waals surface area (Å²) >= 11 is 0. The molecule has 2 aromatic heterocycles. The first-order valence-corrected chi connectivity index (χ1v) is 7.92. The molecular weight excluding hydrogens is 320 g/mol. The van der Waals surface area contributed by atoms with Crippen LogP contribution in [0.15, 0.2) is 58.2 Å². The lowest BCUT2D eigenvalue weighted by molar-refractivity contribution is 0.0950. The highest BCUT2D eigenvalue weighted by molar-refractivity contribution is 5.94. The first kappa shape index (κ1) is 16.5. The minimum atomic E-state index is -0.395. The Labute approximate surface area is 144 Å². The van der Waals surface area contributed by atoms with Crippen LogP contribution in [-0.4, -0.2) is 28.9 Å². The minimum Gasteiger partial charge on any atom is -0.493 e. The summed E-state index contributed by atoms with van der Waals surface area (Å²) < 4.78 is 10.8. The van der Waals surface area contributed by atoms with Crippen molar-refractivity contribution >= 4 is 12.1 Å². The van der Waals surface area contributed by atoms with E-state index in [1.807, 2.05) is 31.2 Å². The number of hydrazone groups is 1. The van der Waals surface area contributed by atoms with E-state index in [0.29, 0.717) is 23.8 Å². The zero-order valence-corrected chi connectivity index (χ0v) is 13.7. The van der Waals surface area contributed by atoms with Crippen molar-refractivity contribution in [3.8, 4) is 17.0 Å². The number of rotatable bonds is 7. The number of aromatic amines is 1. The number of ether oxygens (including phenoxy) is 1. The Hall–Kier alpha value is -3.35. The summed E-state index contributed by atoms with van der Waals surface area (Å²) in [5.74, 6) is 0.889. The second kappa shape index (κ2) is 7.96. The van der Waals surface area contributed by atoms with E-state index in [-0.39, 0.29) is 0 Å². The quantitative estimate of drug-likeness (QED) is 0.511. The van der Waals surface area contributed by atoms with Gasteiger partial charge >= 0.3 is 0 Å². The lowest BCUT2D eigenvalue weighted by Gasteiger charge is -2.08. The molecule has 128 valence electrons. The number of benzene rings is 1. The van der Waals surface area contributed by atoms with Gasteiger partial charge in [0.05, 0.1) is 24.8 Å². The number of para-hydroxylation sites is 1. The molecule has 0 saturated carbocycles. The largest absolute Gasteiger partial charge is 0.493 e. The Bertz CT molecular complexity index is 853. The minimum absolute atomic E-state index is 0.303. The first-order valence-electron chi connectivity index (χ1n) is 7.92. The van der Waals surface area contributed by atoms with Gasteiger partial charge in [0.15, 0.2) is 0 Å². The molecular formula is C18H18N4O3. The molecule has 1 amide bonds. The number of H-pyrrole nitrogens is 1. The molecule has 2 heterocycles. The van der Waals surface area contributed by atoms with E-state index in [2.05, 4.69) is 20.7 Å². The maximum Gasteiger partial charge on any atom is 0.289 e. The molecule has 0 fully saturated rings. The number of carbonyl (C=O) groups excluding carboxylic acids is 1. The van der Waals surface area contributed by atoms with Crippen molar-refractivity contribution < 1.29 is 13.9 Å². The molecule has 7 heteroatoms. The van der Waals surface area contributed by atoms with Gasteiger partial charge in [0.2, 0.25) is 0 Å². The lowest BCUT2D eigenvalue weighted by atomic mass is 10.1. The number of carbonyl (C=O) groups is 1. The van der Waals surface area contributed by atoms with E-state index in [9.17, 15) is 4.79 Å². The van der Waals surface area contributed by atoms with Crippen molar-refractivity contribution in [2.24, 2.45) is 5.10 Å². The highest BCUT2D eigenvalue weighted by atomic mass is 16.5. The van der Waals surface area contributed by atoms with Crippen molar-refractivity contribution in [3.05, 3.63) is 60.2 Å². The second-order valence-corrected chi connectivity index (χ2v) is 5.23. The van der Waals surface area contributed by atoms with Crippen LogP contribution in [0.3, 0.4) is 0 Å². The van der Waals surface area contributed by atoms with E-state index in [0.717, 1.165) is 17.7 Å². The summed E-state index contributed by atoms with van der Waals surface area (Å²) in [4.78, 5) is 12.1. The SMILES string of the molecule is CCCOc1ccccc1-c1cc(C(=O)N/N=C/c2ccco2)[nH]n1. The molecule has 0 aliphatic carbocycles. The smallest absolute Gasteiger partial charge is 0.289 e. The maximum absolute atomic E-state index is 12.1. The molecule has 1 aromatic carbocycles. The molecule has 7 nitrogen and oxygen atoms in total. The molecule has 0 aliphatic heterocycles. The summed E-state index contributed by atoms with van der Waals surface area (Å²) in [6, 6.07) is 12.7. The van der Waals surface area contributed by atoms with Crippen molar-refractivity contribution in [1.29, 1.82) is 0 Å². The third kappa shape index (κ3) is 4.14. The zero-order valence-electron chi connectivity index (χ0n) is 13.7. The standard InChI is InChI=1S/C18H18N4O3/c1-2-9-25-17-8-4-3-7-14(17)15-11-16(21-20-15)18(23)22-19-12-13-6-5-10-24-13/h3-8,10-12H,2,9H2,1H3,(H,20,21)(H,22,23)/b19-12+. The van der Waals surface area contributed by atoms with Gasteiger partial charge in [0.1, 0.15) is 17.2 Å². The Kier molecular flexibility index (Phi) is 5.26. The number of hydrogen-bond acceptors (Lipinski definition) is 5. The van der Waals surface area contributed by atoms with Crippen LogP contribution < -0.4 is 10.2 Å². The van der Waals surface area contributed by atoms with Gasteiger partial charge in [-0.3, -0.25) is 9.89 Å². The summed E-state index contributed by atoms with van der Waals surface area (Å²) in [7, 11) is 0. The molecule has 3 rings (SSSR count). The van der Waals surface area contributed by atoms with Crippen LogP contribution in [0, 0.1) is 0 Å². The maximum atomic E-state index is 12.1. The third-order valence-electron chi connectivity index (χ3n) is 3.35. The average Bonchev–Trinajstić information content (AvgIpc) is 3.32. The Morgan fingerprint density at radius 1 is 1.36 bits per heavy atom. The summed E-state index contributed by atoms with van der Waals surface area (Å²) in [5, 5.41) is 10.8. The Balaban J connectivity index is 1.71. The number of furan rings is 1. The van der Waals surface area contributed by atoms with Crippen molar-refractivity contribution in [2.75, 3.05) is 6.61 Å². The van der Waals surface area contributed by atoms with Gasteiger partial charge in [-0.05, 0) is 36.8 Å². The molecule has 0 bridgehead atoms. The highest BCUT2D eigenvalue weighted by Crippen LogP contribution is 2.28. The van der Waals surface area contributed by atoms with Gasteiger partial charge in [-0.15, -0.1) is 0 Å². The fourth-order valence-electron chi connectivity index (χ4n) is 2.17. The first-order chi connectivity index (χ1) is 12.3. The molecule has 0 spiro atoms. The molecule has 0 radical (unpaired) electrons. The second-order valence-electron chi connectivity index (χ2n) is 5.23. The predicted molar refractivity (Wildman–Crippen MR) is 93.6 cm³/mol. The number of nitrogens with one attached hydrogen (secondary N) is 2. The molecule has 25 heavy (non-hydrogen) atoms. The van der Waals surface area contributed by atoms with Gasteiger partial charge in [-0.25, -0.2) is 5.43 Å². The third-order valence-corrected chi connectivity index (χ3v) is 3.35. The molecule has 0 aliphatic rings. The van der Waals surface area contributed by atoms with Crippen LogP contribution in [-0.2, 0) is 0 Å². The van der Waals surface area contributed by atoms with Crippen LogP contribution in [0.1, 0.15) is 29.6 Å². The monoisotopic (exact) mass is 338 g/mol. The van der Waals surface area contributed by atoms with Gasteiger partial charge in [-0.2, -0.15) is 10.2 Å². The van der Waals surface area contributed by atoms with E-state index < -0.39 is 5.91 Å². The number of amides is 1. The highest BCUT2D eigenvalue weighted by Gasteiger charge is 2.13. The summed E-state index contributed by atoms with van der Waals surface area (Å²) in [6.07, 6.45) is 3.86. The van der Waals surface area contributed by atoms with Crippen molar-refractivity contribution in [3.63, 3.8) is 0 Å². The molecule has 0 saturated heterocycles. The van der Waals surface area contributed by atoms with E-state index in [1.165, 1.54) is 12.5 Å². The normalized spacial score (nSPS) is 10.9. The zero-order chi connectivity index (χ0) is 17.5. The fraction of sp³-hybridized carbons (Fsp3) is 0.167. The van der Waals surface area contributed by atoms with Gasteiger partial charge in [0, 0.05) is 5.56 Å². The van der Waals surface area contributed by atoms with Crippen LogP contribution in [0.4, 0.5) is 0 Å².